The fraction of sp³-hybridized carbons (Fsp3) is 0.769. The van der Waals surface area contributed by atoms with Crippen molar-refractivity contribution in [2.45, 2.75) is 44.6 Å². The highest BCUT2D eigenvalue weighted by Crippen LogP contribution is 2.27. The molecule has 1 aliphatic rings. The van der Waals surface area contributed by atoms with Gasteiger partial charge in [0.25, 0.3) is 0 Å². The summed E-state index contributed by atoms with van der Waals surface area (Å²) in [6.45, 7) is 0.604. The first kappa shape index (κ1) is 14.8. The number of amides is 2. The van der Waals surface area contributed by atoms with Crippen LogP contribution in [-0.2, 0) is 7.05 Å². The van der Waals surface area contributed by atoms with Gasteiger partial charge in [-0.05, 0) is 31.6 Å². The number of nitrogens with zero attached hydrogens (tertiary/aromatic N) is 3. The summed E-state index contributed by atoms with van der Waals surface area (Å²) < 4.78 is 1.50. The normalized spacial score (nSPS) is 22.5. The number of aryl methyl sites for hydroxylation is 1. The molecule has 1 aliphatic carbocycles. The number of aliphatic hydroxyl groups is 1. The third-order valence-electron chi connectivity index (χ3n) is 3.84. The Bertz CT molecular complexity index is 434. The lowest BCUT2D eigenvalue weighted by Crippen LogP contribution is -2.31. The summed E-state index contributed by atoms with van der Waals surface area (Å²) in [6.07, 6.45) is 7.45. The average Bonchev–Trinajstić information content (AvgIpc) is 2.82. The van der Waals surface area contributed by atoms with Gasteiger partial charge in [-0.1, -0.05) is 12.8 Å². The van der Waals surface area contributed by atoms with Gasteiger partial charge in [0.15, 0.2) is 0 Å². The second-order valence-corrected chi connectivity index (χ2v) is 5.34. The maximum Gasteiger partial charge on any atom is 0.321 e. The SMILES string of the molecule is Cn1ncnc1NC(=O)NCCCC1CCCCC1O. The molecule has 0 saturated heterocycles. The summed E-state index contributed by atoms with van der Waals surface area (Å²) in [5, 5.41) is 19.1. The Morgan fingerprint density at radius 3 is 3.00 bits per heavy atom. The Labute approximate surface area is 118 Å². The molecule has 7 nitrogen and oxygen atoms in total. The average molecular weight is 281 g/mol. The van der Waals surface area contributed by atoms with Crippen molar-refractivity contribution in [3.05, 3.63) is 6.33 Å². The monoisotopic (exact) mass is 281 g/mol. The summed E-state index contributed by atoms with van der Waals surface area (Å²) in [5.41, 5.74) is 0. The Kier molecular flexibility index (Phi) is 5.34. The number of aromatic nitrogens is 3. The Hall–Kier alpha value is -1.63. The van der Waals surface area contributed by atoms with Gasteiger partial charge >= 0.3 is 6.03 Å². The summed E-state index contributed by atoms with van der Waals surface area (Å²) in [4.78, 5) is 15.5. The van der Waals surface area contributed by atoms with E-state index in [-0.39, 0.29) is 12.1 Å². The van der Waals surface area contributed by atoms with E-state index in [1.807, 2.05) is 0 Å². The van der Waals surface area contributed by atoms with Crippen molar-refractivity contribution in [1.29, 1.82) is 0 Å². The molecule has 1 aromatic rings. The van der Waals surface area contributed by atoms with Crippen molar-refractivity contribution in [2.24, 2.45) is 13.0 Å². The second kappa shape index (κ2) is 7.23. The smallest absolute Gasteiger partial charge is 0.321 e. The van der Waals surface area contributed by atoms with Gasteiger partial charge in [-0.2, -0.15) is 10.1 Å². The predicted octanol–water partition coefficient (Wildman–Crippen LogP) is 1.27. The number of anilines is 1. The van der Waals surface area contributed by atoms with E-state index in [4.69, 9.17) is 0 Å². The summed E-state index contributed by atoms with van der Waals surface area (Å²) in [7, 11) is 1.72. The molecule has 0 spiro atoms. The van der Waals surface area contributed by atoms with Crippen molar-refractivity contribution in [2.75, 3.05) is 11.9 Å². The second-order valence-electron chi connectivity index (χ2n) is 5.34. The topological polar surface area (TPSA) is 92.1 Å². The molecular weight excluding hydrogens is 258 g/mol. The van der Waals surface area contributed by atoms with E-state index in [0.717, 1.165) is 32.1 Å². The van der Waals surface area contributed by atoms with Crippen LogP contribution in [0.4, 0.5) is 10.7 Å². The first-order valence-electron chi connectivity index (χ1n) is 7.23. The molecule has 1 fully saturated rings. The van der Waals surface area contributed by atoms with Crippen LogP contribution >= 0.6 is 0 Å². The molecule has 1 saturated carbocycles. The number of nitrogens with one attached hydrogen (secondary N) is 2. The fourth-order valence-corrected chi connectivity index (χ4v) is 2.65. The Morgan fingerprint density at radius 1 is 1.50 bits per heavy atom. The first-order chi connectivity index (χ1) is 9.66. The van der Waals surface area contributed by atoms with E-state index in [1.165, 1.54) is 17.4 Å². The zero-order chi connectivity index (χ0) is 14.4. The fourth-order valence-electron chi connectivity index (χ4n) is 2.65. The lowest BCUT2D eigenvalue weighted by atomic mass is 9.83. The van der Waals surface area contributed by atoms with Crippen molar-refractivity contribution in [1.82, 2.24) is 20.1 Å². The molecule has 2 unspecified atom stereocenters. The quantitative estimate of drug-likeness (QED) is 0.709. The van der Waals surface area contributed by atoms with Crippen LogP contribution in [0.2, 0.25) is 0 Å². The van der Waals surface area contributed by atoms with Gasteiger partial charge in [0.2, 0.25) is 5.95 Å². The molecule has 1 aromatic heterocycles. The number of carbonyl (C=O) groups is 1. The van der Waals surface area contributed by atoms with E-state index in [1.54, 1.807) is 7.05 Å². The van der Waals surface area contributed by atoms with Crippen LogP contribution in [0.3, 0.4) is 0 Å². The van der Waals surface area contributed by atoms with Crippen LogP contribution in [-0.4, -0.2) is 38.6 Å². The van der Waals surface area contributed by atoms with Gasteiger partial charge in [0.1, 0.15) is 6.33 Å². The minimum absolute atomic E-state index is 0.156. The molecule has 112 valence electrons. The maximum atomic E-state index is 11.6. The molecule has 0 aromatic carbocycles. The van der Waals surface area contributed by atoms with Gasteiger partial charge < -0.3 is 10.4 Å². The lowest BCUT2D eigenvalue weighted by molar-refractivity contribution is 0.0644. The van der Waals surface area contributed by atoms with Crippen molar-refractivity contribution in [3.8, 4) is 0 Å². The van der Waals surface area contributed by atoms with Crippen molar-refractivity contribution < 1.29 is 9.90 Å². The molecule has 3 N–H and O–H groups in total. The zero-order valence-corrected chi connectivity index (χ0v) is 11.9. The standard InChI is InChI=1S/C13H23N5O2/c1-18-12(15-9-16-18)17-13(20)14-8-4-6-10-5-2-3-7-11(10)19/h9-11,19H,2-8H2,1H3,(H2,14,15,16,17,20). The molecule has 20 heavy (non-hydrogen) atoms. The number of carbonyl (C=O) groups excluding carboxylic acids is 1. The van der Waals surface area contributed by atoms with Gasteiger partial charge in [-0.25, -0.2) is 9.48 Å². The lowest BCUT2D eigenvalue weighted by Gasteiger charge is -2.27. The highest BCUT2D eigenvalue weighted by Gasteiger charge is 2.22. The third kappa shape index (κ3) is 4.19. The molecule has 2 atom stereocenters. The van der Waals surface area contributed by atoms with Gasteiger partial charge in [-0.3, -0.25) is 5.32 Å². The van der Waals surface area contributed by atoms with Gasteiger partial charge in [-0.15, -0.1) is 0 Å². The van der Waals surface area contributed by atoms with E-state index in [2.05, 4.69) is 20.7 Å². The van der Waals surface area contributed by atoms with Crippen LogP contribution in [0.5, 0.6) is 0 Å². The van der Waals surface area contributed by atoms with Crippen molar-refractivity contribution in [3.63, 3.8) is 0 Å². The van der Waals surface area contributed by atoms with Crippen LogP contribution in [0.15, 0.2) is 6.33 Å². The molecule has 2 rings (SSSR count). The summed E-state index contributed by atoms with van der Waals surface area (Å²) in [5.74, 6) is 0.817. The van der Waals surface area contributed by atoms with E-state index < -0.39 is 0 Å². The highest BCUT2D eigenvalue weighted by atomic mass is 16.3. The molecule has 1 heterocycles. The molecular formula is C13H23N5O2. The van der Waals surface area contributed by atoms with E-state index in [0.29, 0.717) is 18.4 Å². The number of rotatable bonds is 5. The predicted molar refractivity (Wildman–Crippen MR) is 75.2 cm³/mol. The number of hydrogen-bond donors (Lipinski definition) is 3. The first-order valence-corrected chi connectivity index (χ1v) is 7.23. The highest BCUT2D eigenvalue weighted by molar-refractivity contribution is 5.87. The number of aliphatic hydroxyl groups excluding tert-OH is 1. The summed E-state index contributed by atoms with van der Waals surface area (Å²) >= 11 is 0. The van der Waals surface area contributed by atoms with E-state index in [9.17, 15) is 9.90 Å². The van der Waals surface area contributed by atoms with Crippen LogP contribution in [0.25, 0.3) is 0 Å². The molecule has 7 heteroatoms. The maximum absolute atomic E-state index is 11.6. The van der Waals surface area contributed by atoms with Crippen molar-refractivity contribution >= 4 is 12.0 Å². The van der Waals surface area contributed by atoms with E-state index >= 15 is 0 Å². The molecule has 0 bridgehead atoms. The molecule has 0 radical (unpaired) electrons. The summed E-state index contributed by atoms with van der Waals surface area (Å²) in [6, 6.07) is -0.273. The van der Waals surface area contributed by atoms with Crippen LogP contribution in [0.1, 0.15) is 38.5 Å². The number of urea groups is 1. The Morgan fingerprint density at radius 2 is 2.30 bits per heavy atom. The largest absolute Gasteiger partial charge is 0.393 e. The van der Waals surface area contributed by atoms with Gasteiger partial charge in [0.05, 0.1) is 6.10 Å². The third-order valence-corrected chi connectivity index (χ3v) is 3.84. The molecule has 2 amide bonds. The number of hydrogen-bond acceptors (Lipinski definition) is 4. The molecule has 0 aliphatic heterocycles. The van der Waals surface area contributed by atoms with Gasteiger partial charge in [0, 0.05) is 13.6 Å². The van der Waals surface area contributed by atoms with Crippen LogP contribution in [0, 0.1) is 5.92 Å². The Balaban J connectivity index is 1.61. The zero-order valence-electron chi connectivity index (χ0n) is 11.9. The minimum Gasteiger partial charge on any atom is -0.393 e. The minimum atomic E-state index is -0.273. The van der Waals surface area contributed by atoms with Crippen LogP contribution < -0.4 is 10.6 Å².